The Kier molecular flexibility index (Phi) is 7.42. The van der Waals surface area contributed by atoms with Crippen LogP contribution >= 0.6 is 0 Å². The van der Waals surface area contributed by atoms with E-state index in [9.17, 15) is 4.79 Å². The van der Waals surface area contributed by atoms with Gasteiger partial charge < -0.3 is 9.64 Å². The first kappa shape index (κ1) is 23.3. The number of hydrogen-bond donors (Lipinski definition) is 0. The van der Waals surface area contributed by atoms with Crippen LogP contribution in [0.2, 0.25) is 0 Å². The predicted octanol–water partition coefficient (Wildman–Crippen LogP) is 7.91. The second kappa shape index (κ2) is 10.8. The van der Waals surface area contributed by atoms with Crippen molar-refractivity contribution in [2.75, 3.05) is 24.6 Å². The summed E-state index contributed by atoms with van der Waals surface area (Å²) < 4.78 is 5.00. The summed E-state index contributed by atoms with van der Waals surface area (Å²) in [5, 5.41) is 17.6. The molecule has 0 aliphatic carbocycles. The summed E-state index contributed by atoms with van der Waals surface area (Å²) in [7, 11) is 0. The Hall–Kier alpha value is -3.87. The summed E-state index contributed by atoms with van der Waals surface area (Å²) in [6, 6.07) is 19.0. The van der Waals surface area contributed by atoms with Crippen LogP contribution in [0.15, 0.2) is 81.1 Å². The lowest BCUT2D eigenvalue weighted by molar-refractivity contribution is 0.0526. The lowest BCUT2D eigenvalue weighted by Gasteiger charge is -2.17. The average Bonchev–Trinajstić information content (AvgIpc) is 3.38. The smallest absolute Gasteiger partial charge is 0.338 e. The Labute approximate surface area is 200 Å². The summed E-state index contributed by atoms with van der Waals surface area (Å²) in [6.45, 7) is 8.36. The minimum Gasteiger partial charge on any atom is -0.462 e. The number of carbonyl (C=O) groups excluding carboxylic acids is 1. The van der Waals surface area contributed by atoms with Crippen molar-refractivity contribution in [1.29, 1.82) is 0 Å². The molecule has 1 saturated heterocycles. The zero-order valence-corrected chi connectivity index (χ0v) is 19.9. The summed E-state index contributed by atoms with van der Waals surface area (Å²) in [5.74, 6) is -0.343. The molecule has 0 saturated carbocycles. The van der Waals surface area contributed by atoms with Crippen molar-refractivity contribution < 1.29 is 9.53 Å². The largest absolute Gasteiger partial charge is 0.462 e. The van der Waals surface area contributed by atoms with E-state index in [1.54, 1.807) is 31.2 Å². The van der Waals surface area contributed by atoms with E-state index in [-0.39, 0.29) is 5.97 Å². The molecular weight excluding hydrogens is 426 g/mol. The molecule has 0 N–H and O–H groups in total. The van der Waals surface area contributed by atoms with Gasteiger partial charge in [-0.05, 0) is 105 Å². The Morgan fingerprint density at radius 3 is 1.91 bits per heavy atom. The van der Waals surface area contributed by atoms with Crippen molar-refractivity contribution in [3.05, 3.63) is 77.4 Å². The Morgan fingerprint density at radius 1 is 0.794 bits per heavy atom. The maximum atomic E-state index is 11.8. The maximum absolute atomic E-state index is 11.8. The van der Waals surface area contributed by atoms with E-state index < -0.39 is 0 Å². The van der Waals surface area contributed by atoms with E-state index >= 15 is 0 Å². The zero-order valence-electron chi connectivity index (χ0n) is 19.9. The Balaban J connectivity index is 1.43. The van der Waals surface area contributed by atoms with Gasteiger partial charge in [-0.1, -0.05) is 0 Å². The van der Waals surface area contributed by atoms with Crippen molar-refractivity contribution in [1.82, 2.24) is 0 Å². The second-order valence-electron chi connectivity index (χ2n) is 8.31. The number of carbonyl (C=O) groups is 1. The van der Waals surface area contributed by atoms with Gasteiger partial charge >= 0.3 is 5.97 Å². The molecule has 7 heteroatoms. The van der Waals surface area contributed by atoms with Gasteiger partial charge in [0.05, 0.1) is 34.9 Å². The van der Waals surface area contributed by atoms with Crippen molar-refractivity contribution in [2.24, 2.45) is 20.5 Å². The molecule has 0 atom stereocenters. The molecule has 1 fully saturated rings. The first-order valence-electron chi connectivity index (χ1n) is 11.6. The van der Waals surface area contributed by atoms with E-state index in [0.717, 1.165) is 41.3 Å². The third kappa shape index (κ3) is 5.73. The van der Waals surface area contributed by atoms with Gasteiger partial charge in [-0.2, -0.15) is 20.5 Å². The van der Waals surface area contributed by atoms with E-state index in [1.807, 2.05) is 38.1 Å². The Bertz CT molecular complexity index is 1170. The topological polar surface area (TPSA) is 79.0 Å². The van der Waals surface area contributed by atoms with Gasteiger partial charge in [-0.3, -0.25) is 0 Å². The molecule has 7 nitrogen and oxygen atoms in total. The first-order chi connectivity index (χ1) is 16.5. The van der Waals surface area contributed by atoms with Crippen LogP contribution in [0.25, 0.3) is 0 Å². The molecule has 34 heavy (non-hydrogen) atoms. The van der Waals surface area contributed by atoms with Crippen molar-refractivity contribution in [3.8, 4) is 0 Å². The highest BCUT2D eigenvalue weighted by atomic mass is 16.5. The molecule has 1 heterocycles. The summed E-state index contributed by atoms with van der Waals surface area (Å²) in [4.78, 5) is 14.2. The second-order valence-corrected chi connectivity index (χ2v) is 8.31. The van der Waals surface area contributed by atoms with Gasteiger partial charge in [0.1, 0.15) is 0 Å². The number of ether oxygens (including phenoxy) is 1. The summed E-state index contributed by atoms with van der Waals surface area (Å²) in [6.07, 6.45) is 2.52. The van der Waals surface area contributed by atoms with E-state index in [2.05, 4.69) is 37.5 Å². The van der Waals surface area contributed by atoms with Crippen LogP contribution in [0.4, 0.5) is 28.4 Å². The molecule has 0 spiro atoms. The van der Waals surface area contributed by atoms with Crippen LogP contribution in [-0.4, -0.2) is 25.7 Å². The van der Waals surface area contributed by atoms with Crippen LogP contribution in [0.1, 0.15) is 41.3 Å². The normalized spacial score (nSPS) is 13.8. The average molecular weight is 456 g/mol. The highest BCUT2D eigenvalue weighted by molar-refractivity contribution is 5.89. The fraction of sp³-hybridized carbons (Fsp3) is 0.296. The van der Waals surface area contributed by atoms with Crippen LogP contribution in [0.5, 0.6) is 0 Å². The van der Waals surface area contributed by atoms with Gasteiger partial charge in [-0.15, -0.1) is 0 Å². The molecule has 174 valence electrons. The van der Waals surface area contributed by atoms with E-state index in [0.29, 0.717) is 17.9 Å². The third-order valence-electron chi connectivity index (χ3n) is 5.72. The van der Waals surface area contributed by atoms with Gasteiger partial charge in [0.2, 0.25) is 0 Å². The third-order valence-corrected chi connectivity index (χ3v) is 5.72. The number of hydrogen-bond acceptors (Lipinski definition) is 7. The summed E-state index contributed by atoms with van der Waals surface area (Å²) >= 11 is 0. The van der Waals surface area contributed by atoms with Crippen LogP contribution in [0.3, 0.4) is 0 Å². The monoisotopic (exact) mass is 455 g/mol. The number of anilines is 1. The molecule has 3 aromatic carbocycles. The number of nitrogens with zero attached hydrogens (tertiary/aromatic N) is 5. The van der Waals surface area contributed by atoms with Crippen molar-refractivity contribution in [3.63, 3.8) is 0 Å². The molecule has 1 aliphatic heterocycles. The molecule has 1 aliphatic rings. The quantitative estimate of drug-likeness (QED) is 0.268. The first-order valence-corrected chi connectivity index (χ1v) is 11.6. The summed E-state index contributed by atoms with van der Waals surface area (Å²) in [5.41, 5.74) is 6.75. The highest BCUT2D eigenvalue weighted by Crippen LogP contribution is 2.32. The zero-order chi connectivity index (χ0) is 23.9. The molecule has 0 unspecified atom stereocenters. The van der Waals surface area contributed by atoms with Crippen molar-refractivity contribution in [2.45, 2.75) is 33.6 Å². The number of rotatable bonds is 7. The van der Waals surface area contributed by atoms with Crippen LogP contribution in [0, 0.1) is 13.8 Å². The molecule has 4 rings (SSSR count). The lowest BCUT2D eigenvalue weighted by Crippen LogP contribution is -2.17. The number of azo groups is 2. The van der Waals surface area contributed by atoms with Gasteiger partial charge in [-0.25, -0.2) is 4.79 Å². The molecule has 3 aromatic rings. The lowest BCUT2D eigenvalue weighted by atomic mass is 10.1. The fourth-order valence-electron chi connectivity index (χ4n) is 3.96. The SMILES string of the molecule is CCOC(=O)c1ccc(N=Nc2cc(C)c(N=Nc3ccc(N4CCCC4)cc3)c(C)c2)cc1. The molecule has 0 aromatic heterocycles. The minimum atomic E-state index is -0.343. The highest BCUT2D eigenvalue weighted by Gasteiger charge is 2.12. The van der Waals surface area contributed by atoms with Gasteiger partial charge in [0.15, 0.2) is 0 Å². The maximum Gasteiger partial charge on any atom is 0.338 e. The molecule has 0 amide bonds. The Morgan fingerprint density at radius 2 is 1.32 bits per heavy atom. The standard InChI is InChI=1S/C27H29N5O2/c1-4-34-27(33)21-7-9-22(10-8-21)28-30-24-17-19(2)26(20(3)18-24)31-29-23-11-13-25(14-12-23)32-15-5-6-16-32/h7-14,17-18H,4-6,15-16H2,1-3H3. The minimum absolute atomic E-state index is 0.343. The predicted molar refractivity (Wildman–Crippen MR) is 135 cm³/mol. The molecule has 0 bridgehead atoms. The van der Waals surface area contributed by atoms with Gasteiger partial charge in [0.25, 0.3) is 0 Å². The molecular formula is C27H29N5O2. The van der Waals surface area contributed by atoms with E-state index in [4.69, 9.17) is 4.74 Å². The van der Waals surface area contributed by atoms with Crippen LogP contribution in [-0.2, 0) is 4.74 Å². The van der Waals surface area contributed by atoms with Crippen molar-refractivity contribution >= 4 is 34.4 Å². The van der Waals surface area contributed by atoms with E-state index in [1.165, 1.54) is 18.5 Å². The number of esters is 1. The number of benzene rings is 3. The fourth-order valence-corrected chi connectivity index (χ4v) is 3.96. The molecule has 0 radical (unpaired) electrons. The van der Waals surface area contributed by atoms with Crippen LogP contribution < -0.4 is 4.90 Å². The van der Waals surface area contributed by atoms with Gasteiger partial charge in [0, 0.05) is 18.8 Å². The number of aryl methyl sites for hydroxylation is 2.